The van der Waals surface area contributed by atoms with Gasteiger partial charge in [-0.05, 0) is 17.7 Å². The first-order valence-corrected chi connectivity index (χ1v) is 4.76. The van der Waals surface area contributed by atoms with E-state index in [9.17, 15) is 13.6 Å². The average Bonchev–Trinajstić information content (AvgIpc) is 2.22. The zero-order chi connectivity index (χ0) is 12.3. The molecule has 0 fully saturated rings. The summed E-state index contributed by atoms with van der Waals surface area (Å²) in [4.78, 5) is 11.8. The van der Waals surface area contributed by atoms with Crippen molar-refractivity contribution in [3.05, 3.63) is 29.3 Å². The van der Waals surface area contributed by atoms with Crippen molar-refractivity contribution in [2.75, 3.05) is 14.2 Å². The highest BCUT2D eigenvalue weighted by molar-refractivity contribution is 6.62. The SMILES string of the molecule is COc1cc(F)c(CN(C)C(=O)Cl)cc1F. The minimum Gasteiger partial charge on any atom is -0.494 e. The third kappa shape index (κ3) is 2.82. The van der Waals surface area contributed by atoms with Gasteiger partial charge in [0.1, 0.15) is 5.82 Å². The molecule has 0 aliphatic rings. The Bertz CT molecular complexity index is 412. The monoisotopic (exact) mass is 249 g/mol. The van der Waals surface area contributed by atoms with Crippen molar-refractivity contribution in [2.45, 2.75) is 6.54 Å². The first kappa shape index (κ1) is 12.7. The summed E-state index contributed by atoms with van der Waals surface area (Å²) in [7, 11) is 2.63. The Morgan fingerprint density at radius 2 is 2.06 bits per heavy atom. The van der Waals surface area contributed by atoms with Crippen LogP contribution in [0.15, 0.2) is 12.1 Å². The van der Waals surface area contributed by atoms with Crippen LogP contribution < -0.4 is 4.74 Å². The number of hydrogen-bond acceptors (Lipinski definition) is 2. The highest BCUT2D eigenvalue weighted by Gasteiger charge is 2.13. The van der Waals surface area contributed by atoms with Gasteiger partial charge in [0.25, 0.3) is 0 Å². The lowest BCUT2D eigenvalue weighted by Gasteiger charge is -2.14. The number of nitrogens with zero attached hydrogens (tertiary/aromatic N) is 1. The van der Waals surface area contributed by atoms with Gasteiger partial charge in [-0.2, -0.15) is 0 Å². The zero-order valence-electron chi connectivity index (χ0n) is 8.76. The molecule has 16 heavy (non-hydrogen) atoms. The van der Waals surface area contributed by atoms with E-state index in [0.29, 0.717) is 0 Å². The van der Waals surface area contributed by atoms with Crippen LogP contribution in [-0.4, -0.2) is 24.4 Å². The molecule has 3 nitrogen and oxygen atoms in total. The standard InChI is InChI=1S/C10H10ClF2NO2/c1-14(10(11)15)5-6-3-8(13)9(16-2)4-7(6)12/h3-4H,5H2,1-2H3. The Labute approximate surface area is 96.6 Å². The highest BCUT2D eigenvalue weighted by atomic mass is 35.5. The highest BCUT2D eigenvalue weighted by Crippen LogP contribution is 2.22. The topological polar surface area (TPSA) is 29.5 Å². The molecule has 1 aromatic rings. The van der Waals surface area contributed by atoms with Gasteiger partial charge in [-0.3, -0.25) is 4.79 Å². The van der Waals surface area contributed by atoms with E-state index in [2.05, 4.69) is 4.74 Å². The number of ether oxygens (including phenoxy) is 1. The van der Waals surface area contributed by atoms with Crippen LogP contribution in [0, 0.1) is 11.6 Å². The molecular formula is C10H10ClF2NO2. The fourth-order valence-corrected chi connectivity index (χ4v) is 1.22. The second kappa shape index (κ2) is 5.12. The molecule has 0 aromatic heterocycles. The zero-order valence-corrected chi connectivity index (χ0v) is 9.52. The van der Waals surface area contributed by atoms with Crippen molar-refractivity contribution in [3.63, 3.8) is 0 Å². The molecule has 0 saturated carbocycles. The number of carbonyl (C=O) groups is 1. The summed E-state index contributed by atoms with van der Waals surface area (Å²) in [6, 6.07) is 1.90. The number of carbonyl (C=O) groups excluding carboxylic acids is 1. The maximum Gasteiger partial charge on any atom is 0.316 e. The second-order valence-corrected chi connectivity index (χ2v) is 3.51. The molecule has 0 spiro atoms. The number of rotatable bonds is 3. The van der Waals surface area contributed by atoms with Crippen molar-refractivity contribution in [2.24, 2.45) is 0 Å². The fourth-order valence-electron chi connectivity index (χ4n) is 1.17. The van der Waals surface area contributed by atoms with E-state index in [1.54, 1.807) is 0 Å². The molecule has 1 rings (SSSR count). The van der Waals surface area contributed by atoms with Crippen LogP contribution in [-0.2, 0) is 6.54 Å². The summed E-state index contributed by atoms with van der Waals surface area (Å²) in [6.07, 6.45) is 0. The normalized spacial score (nSPS) is 10.1. The van der Waals surface area contributed by atoms with Crippen LogP contribution in [0.3, 0.4) is 0 Å². The summed E-state index contributed by atoms with van der Waals surface area (Å²) < 4.78 is 31.3. The third-order valence-electron chi connectivity index (χ3n) is 2.03. The Kier molecular flexibility index (Phi) is 4.06. The van der Waals surface area contributed by atoms with Crippen molar-refractivity contribution >= 4 is 17.0 Å². The van der Waals surface area contributed by atoms with Crippen LogP contribution in [0.5, 0.6) is 5.75 Å². The van der Waals surface area contributed by atoms with E-state index >= 15 is 0 Å². The molecule has 0 radical (unpaired) electrons. The predicted molar refractivity (Wildman–Crippen MR) is 55.6 cm³/mol. The van der Waals surface area contributed by atoms with Crippen molar-refractivity contribution in [1.29, 1.82) is 0 Å². The Balaban J connectivity index is 2.98. The van der Waals surface area contributed by atoms with Crippen molar-refractivity contribution in [3.8, 4) is 5.75 Å². The Hall–Kier alpha value is -1.36. The van der Waals surface area contributed by atoms with E-state index in [-0.39, 0.29) is 17.9 Å². The smallest absolute Gasteiger partial charge is 0.316 e. The molecule has 0 N–H and O–H groups in total. The van der Waals surface area contributed by atoms with Gasteiger partial charge in [0.15, 0.2) is 11.6 Å². The molecule has 6 heteroatoms. The predicted octanol–water partition coefficient (Wildman–Crippen LogP) is 2.76. The molecule has 0 aliphatic carbocycles. The maximum atomic E-state index is 13.4. The number of methoxy groups -OCH3 is 1. The first-order chi connectivity index (χ1) is 7.45. The number of benzene rings is 1. The fraction of sp³-hybridized carbons (Fsp3) is 0.300. The number of amides is 1. The quantitative estimate of drug-likeness (QED) is 0.609. The lowest BCUT2D eigenvalue weighted by Crippen LogP contribution is -2.20. The minimum absolute atomic E-state index is 0.0369. The maximum absolute atomic E-state index is 13.4. The molecule has 0 unspecified atom stereocenters. The van der Waals surface area contributed by atoms with Crippen LogP contribution in [0.4, 0.5) is 13.6 Å². The number of halogens is 3. The Morgan fingerprint density at radius 3 is 2.56 bits per heavy atom. The number of hydrogen-bond donors (Lipinski definition) is 0. The molecule has 1 amide bonds. The van der Waals surface area contributed by atoms with E-state index in [4.69, 9.17) is 11.6 Å². The van der Waals surface area contributed by atoms with Gasteiger partial charge in [0.05, 0.1) is 7.11 Å². The lowest BCUT2D eigenvalue weighted by molar-refractivity contribution is 0.230. The lowest BCUT2D eigenvalue weighted by atomic mass is 10.2. The third-order valence-corrected chi connectivity index (χ3v) is 2.32. The van der Waals surface area contributed by atoms with Crippen LogP contribution in [0.2, 0.25) is 0 Å². The van der Waals surface area contributed by atoms with E-state index in [0.717, 1.165) is 17.0 Å². The molecular weight excluding hydrogens is 240 g/mol. The van der Waals surface area contributed by atoms with E-state index in [1.165, 1.54) is 14.2 Å². The summed E-state index contributed by atoms with van der Waals surface area (Å²) >= 11 is 5.17. The van der Waals surface area contributed by atoms with Gasteiger partial charge >= 0.3 is 5.37 Å². The molecule has 0 bridgehead atoms. The largest absolute Gasteiger partial charge is 0.494 e. The average molecular weight is 250 g/mol. The summed E-state index contributed by atoms with van der Waals surface area (Å²) in [5.74, 6) is -1.52. The van der Waals surface area contributed by atoms with Crippen molar-refractivity contribution < 1.29 is 18.3 Å². The second-order valence-electron chi connectivity index (χ2n) is 3.19. The summed E-state index contributed by atoms with van der Waals surface area (Å²) in [6.45, 7) is -0.102. The molecule has 0 atom stereocenters. The van der Waals surface area contributed by atoms with Gasteiger partial charge in [-0.1, -0.05) is 0 Å². The van der Waals surface area contributed by atoms with Crippen molar-refractivity contribution in [1.82, 2.24) is 4.90 Å². The van der Waals surface area contributed by atoms with Crippen LogP contribution in [0.25, 0.3) is 0 Å². The molecule has 0 aliphatic heterocycles. The Morgan fingerprint density at radius 1 is 1.44 bits per heavy atom. The summed E-state index contributed by atoms with van der Waals surface area (Å²) in [5, 5.41) is -0.740. The van der Waals surface area contributed by atoms with E-state index in [1.807, 2.05) is 0 Å². The van der Waals surface area contributed by atoms with Gasteiger partial charge in [-0.15, -0.1) is 0 Å². The minimum atomic E-state index is -0.740. The molecule has 88 valence electrons. The molecule has 0 saturated heterocycles. The molecule has 0 heterocycles. The molecule has 1 aromatic carbocycles. The van der Waals surface area contributed by atoms with Crippen LogP contribution >= 0.6 is 11.6 Å². The van der Waals surface area contributed by atoms with Gasteiger partial charge in [0.2, 0.25) is 0 Å². The van der Waals surface area contributed by atoms with Crippen LogP contribution in [0.1, 0.15) is 5.56 Å². The van der Waals surface area contributed by atoms with Gasteiger partial charge < -0.3 is 9.64 Å². The van der Waals surface area contributed by atoms with Gasteiger partial charge in [-0.25, -0.2) is 8.78 Å². The first-order valence-electron chi connectivity index (χ1n) is 4.38. The van der Waals surface area contributed by atoms with Gasteiger partial charge in [0, 0.05) is 25.2 Å². The van der Waals surface area contributed by atoms with E-state index < -0.39 is 17.0 Å². The summed E-state index contributed by atoms with van der Waals surface area (Å²) in [5.41, 5.74) is 0.0369.